The number of benzene rings is 1. The first kappa shape index (κ1) is 8.76. The summed E-state index contributed by atoms with van der Waals surface area (Å²) in [6.45, 7) is 3.11. The minimum absolute atomic E-state index is 0.367. The van der Waals surface area contributed by atoms with Gasteiger partial charge in [-0.05, 0) is 30.4 Å². The molecule has 1 saturated heterocycles. The van der Waals surface area contributed by atoms with E-state index in [1.807, 2.05) is 0 Å². The fraction of sp³-hybridized carbons (Fsp3) is 0.500. The van der Waals surface area contributed by atoms with Crippen LogP contribution in [0, 0.1) is 0 Å². The highest BCUT2D eigenvalue weighted by atomic mass is 16.5. The third-order valence-corrected chi connectivity index (χ3v) is 2.69. The number of aryl methyl sites for hydroxylation is 1. The number of hydrogen-bond donors (Lipinski definition) is 0. The van der Waals surface area contributed by atoms with E-state index in [4.69, 9.17) is 4.74 Å². The highest BCUT2D eigenvalue weighted by Crippen LogP contribution is 2.28. The molecule has 0 spiro atoms. The van der Waals surface area contributed by atoms with Gasteiger partial charge in [0.1, 0.15) is 0 Å². The minimum atomic E-state index is 0.367. The van der Waals surface area contributed by atoms with Crippen LogP contribution in [-0.4, -0.2) is 6.61 Å². The average molecular weight is 176 g/mol. The van der Waals surface area contributed by atoms with Crippen LogP contribution in [0.5, 0.6) is 0 Å². The molecule has 0 aliphatic carbocycles. The fourth-order valence-corrected chi connectivity index (χ4v) is 1.81. The molecule has 0 N–H and O–H groups in total. The van der Waals surface area contributed by atoms with Crippen molar-refractivity contribution in [2.45, 2.75) is 32.3 Å². The fourth-order valence-electron chi connectivity index (χ4n) is 1.81. The van der Waals surface area contributed by atoms with Crippen LogP contribution >= 0.6 is 0 Å². The van der Waals surface area contributed by atoms with Gasteiger partial charge in [-0.2, -0.15) is 0 Å². The molecule has 1 fully saturated rings. The molecule has 70 valence electrons. The van der Waals surface area contributed by atoms with Crippen LogP contribution in [0.1, 0.15) is 37.0 Å². The van der Waals surface area contributed by atoms with Gasteiger partial charge in [-0.15, -0.1) is 0 Å². The van der Waals surface area contributed by atoms with Crippen LogP contribution < -0.4 is 0 Å². The van der Waals surface area contributed by atoms with Gasteiger partial charge in [0, 0.05) is 6.61 Å². The van der Waals surface area contributed by atoms with Crippen molar-refractivity contribution in [2.24, 2.45) is 0 Å². The molecule has 1 aliphatic rings. The maximum absolute atomic E-state index is 5.61. The largest absolute Gasteiger partial charge is 0.374 e. The van der Waals surface area contributed by atoms with Crippen LogP contribution in [0.4, 0.5) is 0 Å². The molecule has 0 radical (unpaired) electrons. The Labute approximate surface area is 79.7 Å². The Hall–Kier alpha value is -0.820. The summed E-state index contributed by atoms with van der Waals surface area (Å²) in [6, 6.07) is 8.82. The number of hydrogen-bond acceptors (Lipinski definition) is 1. The lowest BCUT2D eigenvalue weighted by Crippen LogP contribution is -1.95. The average Bonchev–Trinajstić information content (AvgIpc) is 2.71. The van der Waals surface area contributed by atoms with Crippen molar-refractivity contribution in [3.05, 3.63) is 35.4 Å². The van der Waals surface area contributed by atoms with Gasteiger partial charge in [0.05, 0.1) is 6.10 Å². The molecule has 0 saturated carbocycles. The maximum atomic E-state index is 5.61. The Balaban J connectivity index is 2.12. The van der Waals surface area contributed by atoms with Crippen molar-refractivity contribution < 1.29 is 4.74 Å². The van der Waals surface area contributed by atoms with Gasteiger partial charge in [-0.25, -0.2) is 0 Å². The third kappa shape index (κ3) is 1.92. The van der Waals surface area contributed by atoms with Crippen LogP contribution in [0.3, 0.4) is 0 Å². The molecule has 1 heterocycles. The molecule has 1 heteroatoms. The van der Waals surface area contributed by atoms with Crippen molar-refractivity contribution >= 4 is 0 Å². The molecule has 0 aromatic heterocycles. The lowest BCUT2D eigenvalue weighted by atomic mass is 10.0. The van der Waals surface area contributed by atoms with Gasteiger partial charge in [0.15, 0.2) is 0 Å². The second-order valence-electron chi connectivity index (χ2n) is 3.60. The van der Waals surface area contributed by atoms with E-state index in [0.717, 1.165) is 13.0 Å². The lowest BCUT2D eigenvalue weighted by molar-refractivity contribution is 0.112. The smallest absolute Gasteiger partial charge is 0.0825 e. The van der Waals surface area contributed by atoms with E-state index in [1.165, 1.54) is 24.0 Å². The molecular formula is C12H16O. The van der Waals surface area contributed by atoms with Crippen LogP contribution in [0.2, 0.25) is 0 Å². The van der Waals surface area contributed by atoms with Gasteiger partial charge in [0.2, 0.25) is 0 Å². The molecule has 0 amide bonds. The summed E-state index contributed by atoms with van der Waals surface area (Å²) in [6.07, 6.45) is 3.88. The topological polar surface area (TPSA) is 9.23 Å². The van der Waals surface area contributed by atoms with Gasteiger partial charge in [0.25, 0.3) is 0 Å². The highest BCUT2D eigenvalue weighted by molar-refractivity contribution is 5.24. The standard InChI is InChI=1S/C12H16O/c1-2-10-5-7-11(8-6-10)12-4-3-9-13-12/h5-8,12H,2-4,9H2,1H3/t12-/m1/s1. The minimum Gasteiger partial charge on any atom is -0.374 e. The van der Waals surface area contributed by atoms with E-state index in [9.17, 15) is 0 Å². The molecule has 0 unspecified atom stereocenters. The van der Waals surface area contributed by atoms with Crippen LogP contribution in [-0.2, 0) is 11.2 Å². The Morgan fingerprint density at radius 3 is 2.62 bits per heavy atom. The van der Waals surface area contributed by atoms with E-state index < -0.39 is 0 Å². The maximum Gasteiger partial charge on any atom is 0.0825 e. The molecule has 2 rings (SSSR count). The summed E-state index contributed by atoms with van der Waals surface area (Å²) >= 11 is 0. The Morgan fingerprint density at radius 1 is 1.31 bits per heavy atom. The normalized spacial score (nSPS) is 22.1. The molecule has 1 nitrogen and oxygen atoms in total. The van der Waals surface area contributed by atoms with E-state index in [1.54, 1.807) is 0 Å². The van der Waals surface area contributed by atoms with Gasteiger partial charge in [-0.1, -0.05) is 31.2 Å². The summed E-state index contributed by atoms with van der Waals surface area (Å²) < 4.78 is 5.61. The molecule has 1 aromatic carbocycles. The van der Waals surface area contributed by atoms with E-state index >= 15 is 0 Å². The van der Waals surface area contributed by atoms with Gasteiger partial charge >= 0.3 is 0 Å². The summed E-state index contributed by atoms with van der Waals surface area (Å²) in [5, 5.41) is 0. The predicted molar refractivity (Wildman–Crippen MR) is 53.7 cm³/mol. The van der Waals surface area contributed by atoms with Gasteiger partial charge < -0.3 is 4.74 Å². The second-order valence-corrected chi connectivity index (χ2v) is 3.60. The molecule has 13 heavy (non-hydrogen) atoms. The summed E-state index contributed by atoms with van der Waals surface area (Å²) in [4.78, 5) is 0. The third-order valence-electron chi connectivity index (χ3n) is 2.69. The van der Waals surface area contributed by atoms with Gasteiger partial charge in [-0.3, -0.25) is 0 Å². The van der Waals surface area contributed by atoms with Crippen molar-refractivity contribution in [1.29, 1.82) is 0 Å². The summed E-state index contributed by atoms with van der Waals surface area (Å²) in [5.41, 5.74) is 2.75. The zero-order valence-corrected chi connectivity index (χ0v) is 8.12. The van der Waals surface area contributed by atoms with Crippen LogP contribution in [0.15, 0.2) is 24.3 Å². The summed E-state index contributed by atoms with van der Waals surface area (Å²) in [7, 11) is 0. The number of rotatable bonds is 2. The predicted octanol–water partition coefficient (Wildman–Crippen LogP) is 3.10. The lowest BCUT2D eigenvalue weighted by Gasteiger charge is -2.09. The SMILES string of the molecule is CCc1ccc([C@H]2CCCO2)cc1. The molecule has 1 aromatic rings. The Morgan fingerprint density at radius 2 is 2.08 bits per heavy atom. The Kier molecular flexibility index (Phi) is 2.65. The molecule has 1 aliphatic heterocycles. The first-order chi connectivity index (χ1) is 6.40. The second kappa shape index (κ2) is 3.93. The molecular weight excluding hydrogens is 160 g/mol. The van der Waals surface area contributed by atoms with E-state index in [2.05, 4.69) is 31.2 Å². The van der Waals surface area contributed by atoms with E-state index in [0.29, 0.717) is 6.10 Å². The van der Waals surface area contributed by atoms with Crippen molar-refractivity contribution in [3.63, 3.8) is 0 Å². The monoisotopic (exact) mass is 176 g/mol. The van der Waals surface area contributed by atoms with Crippen LogP contribution in [0.25, 0.3) is 0 Å². The first-order valence-corrected chi connectivity index (χ1v) is 5.10. The number of ether oxygens (including phenoxy) is 1. The molecule has 0 bridgehead atoms. The zero-order chi connectivity index (χ0) is 9.10. The highest BCUT2D eigenvalue weighted by Gasteiger charge is 2.16. The van der Waals surface area contributed by atoms with E-state index in [-0.39, 0.29) is 0 Å². The van der Waals surface area contributed by atoms with Crippen molar-refractivity contribution in [2.75, 3.05) is 6.61 Å². The molecule has 1 atom stereocenters. The van der Waals surface area contributed by atoms with Crippen molar-refractivity contribution in [3.8, 4) is 0 Å². The summed E-state index contributed by atoms with van der Waals surface area (Å²) in [5.74, 6) is 0. The quantitative estimate of drug-likeness (QED) is 0.672. The van der Waals surface area contributed by atoms with Crippen molar-refractivity contribution in [1.82, 2.24) is 0 Å². The zero-order valence-electron chi connectivity index (χ0n) is 8.12. The first-order valence-electron chi connectivity index (χ1n) is 5.10. The Bertz CT molecular complexity index is 257.